The van der Waals surface area contributed by atoms with Crippen molar-refractivity contribution in [3.05, 3.63) is 55.6 Å². The summed E-state index contributed by atoms with van der Waals surface area (Å²) in [6, 6.07) is 1.79. The monoisotopic (exact) mass is 554 g/mol. The molecule has 0 saturated heterocycles. The fraction of sp³-hybridized carbons (Fsp3) is 0.455. The molecule has 0 spiro atoms. The number of carbonyl (C=O) groups is 2. The topological polar surface area (TPSA) is 108 Å². The number of carbonyl (C=O) groups excluding carboxylic acids is 1. The summed E-state index contributed by atoms with van der Waals surface area (Å²) < 4.78 is 57.9. The largest absolute Gasteiger partial charge is 0.480 e. The van der Waals surface area contributed by atoms with Gasteiger partial charge in [-0.15, -0.1) is 11.8 Å². The number of nitrogens with zero attached hydrogens (tertiary/aromatic N) is 2. The maximum absolute atomic E-state index is 14.8. The molecule has 0 aliphatic carbocycles. The first kappa shape index (κ1) is 29.4. The molecule has 1 N–H and O–H groups in total. The number of carboxylic acid groups (broad SMARTS) is 1. The number of rotatable bonds is 9. The second kappa shape index (κ2) is 11.1. The van der Waals surface area contributed by atoms with Gasteiger partial charge in [0, 0.05) is 24.4 Å². The summed E-state index contributed by atoms with van der Waals surface area (Å²) in [6.07, 6.45) is -5.46. The van der Waals surface area contributed by atoms with Gasteiger partial charge in [-0.25, -0.2) is 13.8 Å². The van der Waals surface area contributed by atoms with Crippen LogP contribution in [0.15, 0.2) is 32.7 Å². The molecule has 1 aromatic carbocycles. The standard InChI is InChI=1S/C22H23ClF4N2O6S/c1-5-35-18(31)6-7-21(11(2)3,19(32)33)36-15-9-14(13(24)8-12(15)23)29-17(30)10-16(22(25,26)27)28(4)20(29)34/h8-11H,5-7H2,1-4H3,(H,32,33). The summed E-state index contributed by atoms with van der Waals surface area (Å²) in [7, 11) is 0.772. The first-order valence-electron chi connectivity index (χ1n) is 10.5. The molecule has 14 heteroatoms. The van der Waals surface area contributed by atoms with E-state index in [1.54, 1.807) is 20.8 Å². The summed E-state index contributed by atoms with van der Waals surface area (Å²) in [5, 5.41) is 9.79. The third-order valence-corrected chi connectivity index (χ3v) is 7.64. The molecule has 1 unspecified atom stereocenters. The number of hydrogen-bond donors (Lipinski definition) is 1. The number of alkyl halides is 3. The molecule has 0 amide bonds. The van der Waals surface area contributed by atoms with Gasteiger partial charge in [0.1, 0.15) is 16.3 Å². The second-order valence-corrected chi connectivity index (χ2v) is 9.81. The quantitative estimate of drug-likeness (QED) is 0.280. The van der Waals surface area contributed by atoms with Gasteiger partial charge in [-0.05, 0) is 31.4 Å². The molecule has 0 aliphatic rings. The molecule has 1 atom stereocenters. The number of ether oxygens (including phenoxy) is 1. The maximum atomic E-state index is 14.8. The summed E-state index contributed by atoms with van der Waals surface area (Å²) in [5.41, 5.74) is -5.16. The fourth-order valence-electron chi connectivity index (χ4n) is 3.46. The number of carboxylic acids is 1. The van der Waals surface area contributed by atoms with Gasteiger partial charge in [0.15, 0.2) is 0 Å². The van der Waals surface area contributed by atoms with Crippen molar-refractivity contribution in [2.75, 3.05) is 6.61 Å². The second-order valence-electron chi connectivity index (χ2n) is 8.03. The normalized spacial score (nSPS) is 13.5. The van der Waals surface area contributed by atoms with E-state index >= 15 is 0 Å². The van der Waals surface area contributed by atoms with Crippen LogP contribution in [0.1, 0.15) is 39.3 Å². The molecule has 0 aliphatic heterocycles. The van der Waals surface area contributed by atoms with Crippen molar-refractivity contribution in [3.63, 3.8) is 0 Å². The minimum atomic E-state index is -5.01. The van der Waals surface area contributed by atoms with Gasteiger partial charge in [-0.3, -0.25) is 19.0 Å². The van der Waals surface area contributed by atoms with Crippen LogP contribution in [0, 0.1) is 11.7 Å². The average Bonchev–Trinajstić information content (AvgIpc) is 2.75. The number of aromatic nitrogens is 2. The minimum Gasteiger partial charge on any atom is -0.480 e. The third-order valence-electron chi connectivity index (χ3n) is 5.45. The van der Waals surface area contributed by atoms with Gasteiger partial charge in [-0.1, -0.05) is 25.4 Å². The Morgan fingerprint density at radius 2 is 1.81 bits per heavy atom. The van der Waals surface area contributed by atoms with Crippen molar-refractivity contribution in [2.24, 2.45) is 13.0 Å². The van der Waals surface area contributed by atoms with Gasteiger partial charge in [0.2, 0.25) is 0 Å². The van der Waals surface area contributed by atoms with Gasteiger partial charge in [0.25, 0.3) is 5.56 Å². The van der Waals surface area contributed by atoms with Crippen LogP contribution in [0.5, 0.6) is 0 Å². The Balaban J connectivity index is 2.69. The van der Waals surface area contributed by atoms with E-state index in [4.69, 9.17) is 16.3 Å². The number of hydrogen-bond acceptors (Lipinski definition) is 6. The Hall–Kier alpha value is -2.80. The number of thioether (sulfide) groups is 1. The summed E-state index contributed by atoms with van der Waals surface area (Å²) >= 11 is 6.82. The van der Waals surface area contributed by atoms with Gasteiger partial charge >= 0.3 is 23.8 Å². The van der Waals surface area contributed by atoms with E-state index in [9.17, 15) is 41.8 Å². The molecule has 36 heavy (non-hydrogen) atoms. The van der Waals surface area contributed by atoms with Crippen molar-refractivity contribution in [2.45, 2.75) is 49.4 Å². The van der Waals surface area contributed by atoms with Crippen molar-refractivity contribution >= 4 is 35.3 Å². The molecule has 1 aromatic heterocycles. The lowest BCUT2D eigenvalue weighted by molar-refractivity contribution is -0.145. The molecule has 0 radical (unpaired) electrons. The summed E-state index contributed by atoms with van der Waals surface area (Å²) in [5.74, 6) is -3.73. The first-order valence-corrected chi connectivity index (χ1v) is 11.7. The molecule has 0 bridgehead atoms. The fourth-order valence-corrected chi connectivity index (χ4v) is 4.97. The highest BCUT2D eigenvalue weighted by Gasteiger charge is 2.44. The van der Waals surface area contributed by atoms with Crippen LogP contribution in [-0.4, -0.2) is 37.5 Å². The van der Waals surface area contributed by atoms with E-state index in [1.165, 1.54) is 0 Å². The Morgan fingerprint density at radius 1 is 1.19 bits per heavy atom. The van der Waals surface area contributed by atoms with Crippen LogP contribution in [0.25, 0.3) is 5.69 Å². The zero-order valence-electron chi connectivity index (χ0n) is 19.6. The van der Waals surface area contributed by atoms with E-state index in [0.717, 1.165) is 19.2 Å². The lowest BCUT2D eigenvalue weighted by Crippen LogP contribution is -2.41. The molecule has 0 fully saturated rings. The van der Waals surface area contributed by atoms with E-state index in [-0.39, 0.29) is 44.6 Å². The van der Waals surface area contributed by atoms with E-state index in [0.29, 0.717) is 11.8 Å². The molecule has 8 nitrogen and oxygen atoms in total. The highest BCUT2D eigenvalue weighted by molar-refractivity contribution is 8.01. The van der Waals surface area contributed by atoms with E-state index < -0.39 is 57.2 Å². The van der Waals surface area contributed by atoms with Crippen LogP contribution >= 0.6 is 23.4 Å². The highest BCUT2D eigenvalue weighted by atomic mass is 35.5. The Morgan fingerprint density at radius 3 is 2.31 bits per heavy atom. The highest BCUT2D eigenvalue weighted by Crippen LogP contribution is 2.46. The lowest BCUT2D eigenvalue weighted by atomic mass is 9.90. The molecular formula is C22H23ClF4N2O6S. The zero-order chi connectivity index (χ0) is 27.6. The zero-order valence-corrected chi connectivity index (χ0v) is 21.2. The van der Waals surface area contributed by atoms with Crippen LogP contribution in [0.2, 0.25) is 5.02 Å². The summed E-state index contributed by atoms with van der Waals surface area (Å²) in [4.78, 5) is 49.2. The SMILES string of the molecule is CCOC(=O)CCC(Sc1cc(-n2c(=O)cc(C(F)(F)F)n(C)c2=O)c(F)cc1Cl)(C(=O)O)C(C)C. The van der Waals surface area contributed by atoms with E-state index in [2.05, 4.69) is 0 Å². The van der Waals surface area contributed by atoms with Crippen molar-refractivity contribution in [1.29, 1.82) is 0 Å². The average molecular weight is 555 g/mol. The third kappa shape index (κ3) is 5.94. The molecule has 2 rings (SSSR count). The van der Waals surface area contributed by atoms with Crippen LogP contribution in [0.4, 0.5) is 17.6 Å². The van der Waals surface area contributed by atoms with Crippen molar-refractivity contribution < 1.29 is 37.0 Å². The van der Waals surface area contributed by atoms with Gasteiger partial charge in [-0.2, -0.15) is 13.2 Å². The van der Waals surface area contributed by atoms with Crippen molar-refractivity contribution in [1.82, 2.24) is 9.13 Å². The molecular weight excluding hydrogens is 532 g/mol. The molecule has 198 valence electrons. The molecule has 2 aromatic rings. The summed E-state index contributed by atoms with van der Waals surface area (Å²) in [6.45, 7) is 4.85. The van der Waals surface area contributed by atoms with E-state index in [1.807, 2.05) is 0 Å². The Kier molecular flexibility index (Phi) is 9.05. The van der Waals surface area contributed by atoms with Gasteiger partial charge in [0.05, 0.1) is 17.3 Å². The van der Waals surface area contributed by atoms with Gasteiger partial charge < -0.3 is 9.84 Å². The molecule has 0 saturated carbocycles. The van der Waals surface area contributed by atoms with Crippen molar-refractivity contribution in [3.8, 4) is 5.69 Å². The predicted octanol–water partition coefficient (Wildman–Crippen LogP) is 4.26. The first-order chi connectivity index (χ1) is 16.6. The number of esters is 1. The smallest absolute Gasteiger partial charge is 0.431 e. The minimum absolute atomic E-state index is 0.0677. The lowest BCUT2D eigenvalue weighted by Gasteiger charge is -2.33. The Labute approximate surface area is 211 Å². The molecule has 1 heterocycles. The Bertz CT molecular complexity index is 1290. The van der Waals surface area contributed by atoms with Crippen LogP contribution < -0.4 is 11.2 Å². The number of benzene rings is 1. The van der Waals surface area contributed by atoms with Crippen LogP contribution in [-0.2, 0) is 27.5 Å². The van der Waals surface area contributed by atoms with Crippen LogP contribution in [0.3, 0.4) is 0 Å². The number of halogens is 5. The maximum Gasteiger partial charge on any atom is 0.431 e. The predicted molar refractivity (Wildman–Crippen MR) is 124 cm³/mol. The number of aliphatic carboxylic acids is 1.